The van der Waals surface area contributed by atoms with Gasteiger partial charge in [0, 0.05) is 12.5 Å². The van der Waals surface area contributed by atoms with Gasteiger partial charge in [-0.1, -0.05) is 24.3 Å². The highest BCUT2D eigenvalue weighted by atomic mass is 79.9. The number of carbonyl (C=O) groups excluding carboxylic acids is 1. The van der Waals surface area contributed by atoms with Crippen LogP contribution in [0.3, 0.4) is 0 Å². The Morgan fingerprint density at radius 3 is 2.95 bits per heavy atom. The van der Waals surface area contributed by atoms with Gasteiger partial charge in [-0.2, -0.15) is 0 Å². The number of aryl methyl sites for hydroxylation is 1. The summed E-state index contributed by atoms with van der Waals surface area (Å²) in [4.78, 5) is 12.0. The first-order chi connectivity index (χ1) is 9.74. The zero-order chi connectivity index (χ0) is 13.9. The molecule has 0 bridgehead atoms. The minimum Gasteiger partial charge on any atom is -0.444 e. The molecule has 1 aliphatic carbocycles. The number of furan rings is 1. The molecule has 1 heterocycles. The maximum atomic E-state index is 12.0. The van der Waals surface area contributed by atoms with Crippen molar-refractivity contribution >= 4 is 21.8 Å². The molecule has 1 N–H and O–H groups in total. The number of benzene rings is 1. The molecule has 1 atom stereocenters. The van der Waals surface area contributed by atoms with Crippen LogP contribution in [0.5, 0.6) is 0 Å². The predicted octanol–water partition coefficient (Wildman–Crippen LogP) is 3.89. The molecule has 0 radical (unpaired) electrons. The molecule has 3 nitrogen and oxygen atoms in total. The van der Waals surface area contributed by atoms with Crippen LogP contribution in [-0.2, 0) is 6.42 Å². The molecule has 0 aliphatic heterocycles. The summed E-state index contributed by atoms with van der Waals surface area (Å²) in [6, 6.07) is 11.9. The summed E-state index contributed by atoms with van der Waals surface area (Å²) in [5.41, 5.74) is 2.79. The normalized spacial score (nSPS) is 17.6. The van der Waals surface area contributed by atoms with Crippen LogP contribution in [0, 0.1) is 0 Å². The number of halogens is 1. The number of carbonyl (C=O) groups is 1. The summed E-state index contributed by atoms with van der Waals surface area (Å²) in [5.74, 6) is 0.599. The summed E-state index contributed by atoms with van der Waals surface area (Å²) in [6.07, 6.45) is 3.45. The van der Waals surface area contributed by atoms with E-state index in [1.807, 2.05) is 0 Å². The van der Waals surface area contributed by atoms with Gasteiger partial charge in [0.15, 0.2) is 10.4 Å². The van der Waals surface area contributed by atoms with Crippen LogP contribution < -0.4 is 5.32 Å². The fourth-order valence-electron chi connectivity index (χ4n) is 2.81. The molecule has 20 heavy (non-hydrogen) atoms. The first-order valence-corrected chi connectivity index (χ1v) is 7.64. The van der Waals surface area contributed by atoms with E-state index in [-0.39, 0.29) is 5.91 Å². The molecule has 0 saturated heterocycles. The van der Waals surface area contributed by atoms with Crippen LogP contribution >= 0.6 is 15.9 Å². The second-order valence-electron chi connectivity index (χ2n) is 5.10. The first kappa shape index (κ1) is 13.4. The van der Waals surface area contributed by atoms with Crippen molar-refractivity contribution in [2.45, 2.75) is 25.2 Å². The molecule has 1 unspecified atom stereocenters. The molecule has 1 aliphatic rings. The maximum absolute atomic E-state index is 12.0. The van der Waals surface area contributed by atoms with E-state index < -0.39 is 0 Å². The predicted molar refractivity (Wildman–Crippen MR) is 80.9 cm³/mol. The van der Waals surface area contributed by atoms with Gasteiger partial charge >= 0.3 is 0 Å². The van der Waals surface area contributed by atoms with E-state index in [1.54, 1.807) is 12.1 Å². The standard InChI is InChI=1S/C16H16BrNO2/c17-15-9-8-14(20-15)16(19)18-10-12-6-3-5-11-4-1-2-7-13(11)12/h1-2,4,7-9,12H,3,5-6,10H2,(H,18,19). The van der Waals surface area contributed by atoms with Crippen LogP contribution in [-0.4, -0.2) is 12.5 Å². The molecular formula is C16H16BrNO2. The highest BCUT2D eigenvalue weighted by Gasteiger charge is 2.21. The van der Waals surface area contributed by atoms with Crippen molar-refractivity contribution in [1.82, 2.24) is 5.32 Å². The van der Waals surface area contributed by atoms with Crippen LogP contribution in [0.15, 0.2) is 45.5 Å². The lowest BCUT2D eigenvalue weighted by molar-refractivity contribution is 0.0921. The van der Waals surface area contributed by atoms with Crippen molar-refractivity contribution in [2.75, 3.05) is 6.54 Å². The molecule has 3 rings (SSSR count). The SMILES string of the molecule is O=C(NCC1CCCc2ccccc21)c1ccc(Br)o1. The van der Waals surface area contributed by atoms with Crippen LogP contribution in [0.25, 0.3) is 0 Å². The Morgan fingerprint density at radius 1 is 1.30 bits per heavy atom. The van der Waals surface area contributed by atoms with Crippen molar-refractivity contribution in [3.8, 4) is 0 Å². The van der Waals surface area contributed by atoms with Gasteiger partial charge in [0.25, 0.3) is 5.91 Å². The van der Waals surface area contributed by atoms with Gasteiger partial charge in [-0.05, 0) is 58.5 Å². The molecule has 0 saturated carbocycles. The molecular weight excluding hydrogens is 318 g/mol. The fourth-order valence-corrected chi connectivity index (χ4v) is 3.11. The number of nitrogens with one attached hydrogen (secondary N) is 1. The van der Waals surface area contributed by atoms with E-state index in [4.69, 9.17) is 4.42 Å². The maximum Gasteiger partial charge on any atom is 0.287 e. The topological polar surface area (TPSA) is 42.2 Å². The lowest BCUT2D eigenvalue weighted by atomic mass is 9.83. The van der Waals surface area contributed by atoms with Crippen LogP contribution in [0.4, 0.5) is 0 Å². The third-order valence-corrected chi connectivity index (χ3v) is 4.23. The summed E-state index contributed by atoms with van der Waals surface area (Å²) in [6.45, 7) is 0.661. The van der Waals surface area contributed by atoms with E-state index >= 15 is 0 Å². The fraction of sp³-hybridized carbons (Fsp3) is 0.312. The second kappa shape index (κ2) is 5.83. The highest BCUT2D eigenvalue weighted by Crippen LogP contribution is 2.30. The molecule has 1 aromatic carbocycles. The summed E-state index contributed by atoms with van der Waals surface area (Å²) in [5, 5.41) is 2.97. The Bertz CT molecular complexity index is 620. The number of fused-ring (bicyclic) bond motifs is 1. The van der Waals surface area contributed by atoms with Crippen molar-refractivity contribution in [2.24, 2.45) is 0 Å². The smallest absolute Gasteiger partial charge is 0.287 e. The van der Waals surface area contributed by atoms with Gasteiger partial charge in [-0.3, -0.25) is 4.79 Å². The van der Waals surface area contributed by atoms with E-state index in [1.165, 1.54) is 17.5 Å². The first-order valence-electron chi connectivity index (χ1n) is 6.85. The highest BCUT2D eigenvalue weighted by molar-refractivity contribution is 9.10. The zero-order valence-electron chi connectivity index (χ0n) is 11.1. The Hall–Kier alpha value is -1.55. The van der Waals surface area contributed by atoms with Crippen molar-refractivity contribution in [3.05, 3.63) is 58.0 Å². The van der Waals surface area contributed by atoms with Gasteiger partial charge in [-0.15, -0.1) is 0 Å². The lowest BCUT2D eigenvalue weighted by Crippen LogP contribution is -2.29. The van der Waals surface area contributed by atoms with Gasteiger partial charge in [0.2, 0.25) is 0 Å². The Balaban J connectivity index is 1.66. The minimum absolute atomic E-state index is 0.154. The van der Waals surface area contributed by atoms with Gasteiger partial charge in [-0.25, -0.2) is 0 Å². The number of hydrogen-bond donors (Lipinski definition) is 1. The molecule has 4 heteroatoms. The van der Waals surface area contributed by atoms with Gasteiger partial charge in [0.1, 0.15) is 0 Å². The number of rotatable bonds is 3. The van der Waals surface area contributed by atoms with E-state index in [0.29, 0.717) is 22.9 Å². The molecule has 104 valence electrons. The monoisotopic (exact) mass is 333 g/mol. The van der Waals surface area contributed by atoms with Crippen molar-refractivity contribution in [1.29, 1.82) is 0 Å². The third-order valence-electron chi connectivity index (χ3n) is 3.80. The third kappa shape index (κ3) is 2.80. The lowest BCUT2D eigenvalue weighted by Gasteiger charge is -2.25. The molecule has 2 aromatic rings. The Labute approximate surface area is 126 Å². The average Bonchev–Trinajstić information content (AvgIpc) is 2.91. The van der Waals surface area contributed by atoms with E-state index in [9.17, 15) is 4.79 Å². The molecule has 0 fully saturated rings. The average molecular weight is 334 g/mol. The summed E-state index contributed by atoms with van der Waals surface area (Å²) in [7, 11) is 0. The van der Waals surface area contributed by atoms with Crippen molar-refractivity contribution in [3.63, 3.8) is 0 Å². The second-order valence-corrected chi connectivity index (χ2v) is 5.88. The molecule has 0 spiro atoms. The Morgan fingerprint density at radius 2 is 2.15 bits per heavy atom. The quantitative estimate of drug-likeness (QED) is 0.925. The largest absolute Gasteiger partial charge is 0.444 e. The molecule has 1 amide bonds. The summed E-state index contributed by atoms with van der Waals surface area (Å²) < 4.78 is 5.83. The van der Waals surface area contributed by atoms with E-state index in [2.05, 4.69) is 45.5 Å². The van der Waals surface area contributed by atoms with Crippen LogP contribution in [0.2, 0.25) is 0 Å². The summed E-state index contributed by atoms with van der Waals surface area (Å²) >= 11 is 3.20. The van der Waals surface area contributed by atoms with Gasteiger partial charge < -0.3 is 9.73 Å². The van der Waals surface area contributed by atoms with Crippen LogP contribution in [0.1, 0.15) is 40.4 Å². The van der Waals surface area contributed by atoms with Crippen molar-refractivity contribution < 1.29 is 9.21 Å². The van der Waals surface area contributed by atoms with Gasteiger partial charge in [0.05, 0.1) is 0 Å². The number of hydrogen-bond acceptors (Lipinski definition) is 2. The Kier molecular flexibility index (Phi) is 3.92. The number of amides is 1. The zero-order valence-corrected chi connectivity index (χ0v) is 12.7. The molecule has 1 aromatic heterocycles. The minimum atomic E-state index is -0.154. The van der Waals surface area contributed by atoms with E-state index in [0.717, 1.165) is 12.8 Å².